The number of carbonyl (C=O) groups excluding carboxylic acids is 1. The van der Waals surface area contributed by atoms with Gasteiger partial charge in [0.2, 0.25) is 0 Å². The number of hydrogen-bond donors (Lipinski definition) is 1. The van der Waals surface area contributed by atoms with Crippen LogP contribution in [0.25, 0.3) is 0 Å². The zero-order chi connectivity index (χ0) is 15.0. The highest BCUT2D eigenvalue weighted by molar-refractivity contribution is 5.74. The van der Waals surface area contributed by atoms with Crippen molar-refractivity contribution in [3.05, 3.63) is 30.3 Å². The van der Waals surface area contributed by atoms with E-state index < -0.39 is 0 Å². The zero-order valence-electron chi connectivity index (χ0n) is 12.9. The number of rotatable bonds is 7. The van der Waals surface area contributed by atoms with Crippen molar-refractivity contribution in [3.63, 3.8) is 0 Å². The quantitative estimate of drug-likeness (QED) is 0.777. The van der Waals surface area contributed by atoms with Crippen LogP contribution in [0, 0.1) is 11.8 Å². The van der Waals surface area contributed by atoms with Gasteiger partial charge in [-0.2, -0.15) is 0 Å². The minimum atomic E-state index is -0.0664. The van der Waals surface area contributed by atoms with E-state index >= 15 is 0 Å². The van der Waals surface area contributed by atoms with Crippen LogP contribution in [0.15, 0.2) is 30.3 Å². The first kappa shape index (κ1) is 16.3. The standard InChI is InChI=1S/C16H26N2O2/c1-13(2)10-18(11-14(3)4)16(19)17-12-20-15-8-6-5-7-9-15/h5-9,13-14H,10-12H2,1-4H3,(H,17,19). The number of benzene rings is 1. The highest BCUT2D eigenvalue weighted by atomic mass is 16.5. The first-order valence-electron chi connectivity index (χ1n) is 7.19. The molecule has 0 aliphatic carbocycles. The average Bonchev–Trinajstić information content (AvgIpc) is 2.38. The lowest BCUT2D eigenvalue weighted by molar-refractivity contribution is 0.171. The Morgan fingerprint density at radius 3 is 2.15 bits per heavy atom. The Morgan fingerprint density at radius 2 is 1.65 bits per heavy atom. The largest absolute Gasteiger partial charge is 0.473 e. The maximum atomic E-state index is 12.1. The van der Waals surface area contributed by atoms with Gasteiger partial charge in [0.25, 0.3) is 0 Å². The summed E-state index contributed by atoms with van der Waals surface area (Å²) in [5.41, 5.74) is 0. The average molecular weight is 278 g/mol. The van der Waals surface area contributed by atoms with Crippen molar-refractivity contribution in [1.82, 2.24) is 10.2 Å². The summed E-state index contributed by atoms with van der Waals surface area (Å²) in [6.07, 6.45) is 0. The van der Waals surface area contributed by atoms with E-state index in [9.17, 15) is 4.79 Å². The van der Waals surface area contributed by atoms with Gasteiger partial charge in [-0.1, -0.05) is 45.9 Å². The summed E-state index contributed by atoms with van der Waals surface area (Å²) in [7, 11) is 0. The second-order valence-electron chi connectivity index (χ2n) is 5.78. The third-order valence-electron chi connectivity index (χ3n) is 2.66. The van der Waals surface area contributed by atoms with Crippen molar-refractivity contribution in [1.29, 1.82) is 0 Å². The van der Waals surface area contributed by atoms with Gasteiger partial charge in [0.05, 0.1) is 0 Å². The second kappa shape index (κ2) is 8.46. The van der Waals surface area contributed by atoms with Crippen molar-refractivity contribution in [2.75, 3.05) is 19.8 Å². The van der Waals surface area contributed by atoms with Gasteiger partial charge in [-0.3, -0.25) is 0 Å². The van der Waals surface area contributed by atoms with E-state index in [1.807, 2.05) is 35.2 Å². The minimum Gasteiger partial charge on any atom is -0.473 e. The van der Waals surface area contributed by atoms with E-state index in [-0.39, 0.29) is 12.8 Å². The predicted molar refractivity (Wildman–Crippen MR) is 81.7 cm³/mol. The van der Waals surface area contributed by atoms with E-state index in [2.05, 4.69) is 33.0 Å². The summed E-state index contributed by atoms with van der Waals surface area (Å²) in [6, 6.07) is 9.40. The smallest absolute Gasteiger partial charge is 0.320 e. The van der Waals surface area contributed by atoms with E-state index in [1.54, 1.807) is 0 Å². The normalized spacial score (nSPS) is 10.7. The van der Waals surface area contributed by atoms with Crippen LogP contribution in [0.5, 0.6) is 5.75 Å². The van der Waals surface area contributed by atoms with Crippen LogP contribution in [0.3, 0.4) is 0 Å². The third kappa shape index (κ3) is 6.45. The molecule has 1 aromatic rings. The summed E-state index contributed by atoms with van der Waals surface area (Å²) in [5, 5.41) is 2.81. The fourth-order valence-corrected chi connectivity index (χ4v) is 1.93. The van der Waals surface area contributed by atoms with Gasteiger partial charge in [-0.05, 0) is 24.0 Å². The molecule has 1 N–H and O–H groups in total. The molecule has 4 nitrogen and oxygen atoms in total. The number of nitrogens with zero attached hydrogens (tertiary/aromatic N) is 1. The number of carbonyl (C=O) groups is 1. The minimum absolute atomic E-state index is 0.0664. The van der Waals surface area contributed by atoms with E-state index in [0.29, 0.717) is 11.8 Å². The van der Waals surface area contributed by atoms with E-state index in [4.69, 9.17) is 4.74 Å². The summed E-state index contributed by atoms with van der Waals surface area (Å²) in [6.45, 7) is 10.2. The Bertz CT molecular complexity index is 381. The summed E-state index contributed by atoms with van der Waals surface area (Å²) in [4.78, 5) is 14.0. The maximum Gasteiger partial charge on any atom is 0.320 e. The molecule has 0 unspecified atom stereocenters. The number of hydrogen-bond acceptors (Lipinski definition) is 2. The van der Waals surface area contributed by atoms with Crippen molar-refractivity contribution < 1.29 is 9.53 Å². The third-order valence-corrected chi connectivity index (χ3v) is 2.66. The Balaban J connectivity index is 2.41. The molecule has 20 heavy (non-hydrogen) atoms. The van der Waals surface area contributed by atoms with Gasteiger partial charge in [-0.15, -0.1) is 0 Å². The molecule has 0 heterocycles. The highest BCUT2D eigenvalue weighted by Crippen LogP contribution is 2.08. The van der Waals surface area contributed by atoms with Crippen LogP contribution < -0.4 is 10.1 Å². The van der Waals surface area contributed by atoms with Gasteiger partial charge < -0.3 is 15.0 Å². The molecule has 0 saturated heterocycles. The molecule has 0 aliphatic rings. The van der Waals surface area contributed by atoms with Crippen LogP contribution in [-0.2, 0) is 0 Å². The molecule has 1 rings (SSSR count). The molecule has 112 valence electrons. The molecule has 0 bridgehead atoms. The molecular formula is C16H26N2O2. The number of urea groups is 1. The van der Waals surface area contributed by atoms with Gasteiger partial charge in [0.15, 0.2) is 6.73 Å². The molecule has 0 saturated carbocycles. The molecule has 0 aromatic heterocycles. The molecule has 0 spiro atoms. The molecule has 0 fully saturated rings. The molecular weight excluding hydrogens is 252 g/mol. The monoisotopic (exact) mass is 278 g/mol. The Labute approximate surface area is 122 Å². The summed E-state index contributed by atoms with van der Waals surface area (Å²) in [5.74, 6) is 1.66. The van der Waals surface area contributed by atoms with Crippen molar-refractivity contribution in [2.45, 2.75) is 27.7 Å². The van der Waals surface area contributed by atoms with Crippen molar-refractivity contribution in [2.24, 2.45) is 11.8 Å². The lowest BCUT2D eigenvalue weighted by Gasteiger charge is -2.26. The predicted octanol–water partition coefficient (Wildman–Crippen LogP) is 3.35. The molecule has 0 atom stereocenters. The van der Waals surface area contributed by atoms with Crippen LogP contribution >= 0.6 is 0 Å². The lowest BCUT2D eigenvalue weighted by atomic mass is 10.1. The molecule has 2 amide bonds. The van der Waals surface area contributed by atoms with E-state index in [0.717, 1.165) is 18.8 Å². The number of amides is 2. The molecule has 4 heteroatoms. The number of para-hydroxylation sites is 1. The second-order valence-corrected chi connectivity index (χ2v) is 5.78. The summed E-state index contributed by atoms with van der Waals surface area (Å²) < 4.78 is 5.48. The topological polar surface area (TPSA) is 41.6 Å². The Morgan fingerprint density at radius 1 is 1.10 bits per heavy atom. The van der Waals surface area contributed by atoms with Crippen LogP contribution in [0.2, 0.25) is 0 Å². The fraction of sp³-hybridized carbons (Fsp3) is 0.562. The molecule has 0 aliphatic heterocycles. The van der Waals surface area contributed by atoms with E-state index in [1.165, 1.54) is 0 Å². The first-order chi connectivity index (χ1) is 9.49. The lowest BCUT2D eigenvalue weighted by Crippen LogP contribution is -2.44. The first-order valence-corrected chi connectivity index (χ1v) is 7.19. The number of nitrogens with one attached hydrogen (secondary N) is 1. The SMILES string of the molecule is CC(C)CN(CC(C)C)C(=O)NCOc1ccccc1. The van der Waals surface area contributed by atoms with Crippen LogP contribution in [0.1, 0.15) is 27.7 Å². The van der Waals surface area contributed by atoms with Gasteiger partial charge >= 0.3 is 6.03 Å². The van der Waals surface area contributed by atoms with Gasteiger partial charge in [-0.25, -0.2) is 4.79 Å². The highest BCUT2D eigenvalue weighted by Gasteiger charge is 2.15. The maximum absolute atomic E-state index is 12.1. The summed E-state index contributed by atoms with van der Waals surface area (Å²) >= 11 is 0. The Hall–Kier alpha value is -1.71. The van der Waals surface area contributed by atoms with Crippen LogP contribution in [-0.4, -0.2) is 30.8 Å². The fourth-order valence-electron chi connectivity index (χ4n) is 1.93. The molecule has 1 aromatic carbocycles. The van der Waals surface area contributed by atoms with Crippen molar-refractivity contribution >= 4 is 6.03 Å². The number of ether oxygens (including phenoxy) is 1. The van der Waals surface area contributed by atoms with Gasteiger partial charge in [0.1, 0.15) is 5.75 Å². The van der Waals surface area contributed by atoms with Crippen LogP contribution in [0.4, 0.5) is 4.79 Å². The zero-order valence-corrected chi connectivity index (χ0v) is 12.9. The van der Waals surface area contributed by atoms with Crippen molar-refractivity contribution in [3.8, 4) is 5.75 Å². The molecule has 0 radical (unpaired) electrons. The van der Waals surface area contributed by atoms with Gasteiger partial charge in [0, 0.05) is 13.1 Å². The Kier molecular flexibility index (Phi) is 6.91.